The number of nitro groups is 1. The quantitative estimate of drug-likeness (QED) is 0.0968. The lowest BCUT2D eigenvalue weighted by molar-refractivity contribution is -0.384. The number of fused-ring (bicyclic) bond motifs is 5. The number of carbonyl (C=O) groups excluding carboxylic acids is 1. The SMILES string of the molecule is CC(C)OCC(=O)[C@H](C)NP(=O)(OCC[C@@H](C)[C@H]1CCC2C3C(CC[C@@]21C)[C@@]1(C)CC[C@@H](O)CC1[C@@H](C(F)(F)F)[C@H]3O)Oc1ccc([N+](=O)[O-])cc1. The first-order valence-electron chi connectivity index (χ1n) is 18.7. The first-order valence-corrected chi connectivity index (χ1v) is 20.3. The van der Waals surface area contributed by atoms with Crippen LogP contribution in [0.2, 0.25) is 0 Å². The summed E-state index contributed by atoms with van der Waals surface area (Å²) >= 11 is 0. The molecule has 0 saturated heterocycles. The predicted octanol–water partition coefficient (Wildman–Crippen LogP) is 7.88. The Kier molecular flexibility index (Phi) is 12.3. The molecule has 52 heavy (non-hydrogen) atoms. The fourth-order valence-electron chi connectivity index (χ4n) is 10.8. The third-order valence-electron chi connectivity index (χ3n) is 13.4. The van der Waals surface area contributed by atoms with E-state index in [2.05, 4.69) is 18.9 Å². The molecular weight excluding hydrogens is 704 g/mol. The van der Waals surface area contributed by atoms with Gasteiger partial charge in [-0.15, -0.1) is 0 Å². The van der Waals surface area contributed by atoms with E-state index >= 15 is 0 Å². The molecule has 13 atom stereocenters. The van der Waals surface area contributed by atoms with Gasteiger partial charge in [0.2, 0.25) is 0 Å². The second kappa shape index (κ2) is 15.6. The number of aliphatic hydroxyl groups excluding tert-OH is 2. The molecule has 1 aromatic rings. The summed E-state index contributed by atoms with van der Waals surface area (Å²) in [5.74, 6) is -3.52. The van der Waals surface area contributed by atoms with Crippen molar-refractivity contribution in [3.05, 3.63) is 34.4 Å². The molecule has 0 aliphatic heterocycles. The number of halogens is 3. The van der Waals surface area contributed by atoms with Crippen LogP contribution >= 0.6 is 7.75 Å². The second-order valence-electron chi connectivity index (χ2n) is 16.7. The van der Waals surface area contributed by atoms with Crippen molar-refractivity contribution >= 4 is 19.2 Å². The van der Waals surface area contributed by atoms with Crippen molar-refractivity contribution < 1.29 is 51.5 Å². The number of rotatable bonds is 14. The van der Waals surface area contributed by atoms with E-state index in [1.54, 1.807) is 13.8 Å². The third-order valence-corrected chi connectivity index (χ3v) is 15.1. The van der Waals surface area contributed by atoms with Gasteiger partial charge in [0.1, 0.15) is 12.4 Å². The Morgan fingerprint density at radius 3 is 2.27 bits per heavy atom. The van der Waals surface area contributed by atoms with Gasteiger partial charge in [0, 0.05) is 12.1 Å². The Bertz CT molecular complexity index is 1480. The van der Waals surface area contributed by atoms with Gasteiger partial charge in [-0.05, 0) is 131 Å². The Morgan fingerprint density at radius 2 is 1.65 bits per heavy atom. The summed E-state index contributed by atoms with van der Waals surface area (Å²) in [5, 5.41) is 35.9. The van der Waals surface area contributed by atoms with E-state index in [4.69, 9.17) is 13.8 Å². The van der Waals surface area contributed by atoms with E-state index < -0.39 is 60.3 Å². The van der Waals surface area contributed by atoms with Crippen LogP contribution in [0.1, 0.15) is 92.9 Å². The summed E-state index contributed by atoms with van der Waals surface area (Å²) in [6, 6.07) is 4.03. The molecule has 3 N–H and O–H groups in total. The zero-order valence-corrected chi connectivity index (χ0v) is 31.9. The van der Waals surface area contributed by atoms with Crippen molar-refractivity contribution in [3.8, 4) is 5.75 Å². The molecule has 4 aliphatic rings. The third kappa shape index (κ3) is 8.27. The molecule has 294 valence electrons. The van der Waals surface area contributed by atoms with Gasteiger partial charge in [-0.25, -0.2) is 9.65 Å². The molecule has 4 aliphatic carbocycles. The first kappa shape index (κ1) is 41.1. The van der Waals surface area contributed by atoms with Crippen molar-refractivity contribution in [1.82, 2.24) is 5.09 Å². The number of ketones is 1. The fraction of sp³-hybridized carbons (Fsp3) is 0.811. The van der Waals surface area contributed by atoms with Crippen LogP contribution < -0.4 is 9.61 Å². The summed E-state index contributed by atoms with van der Waals surface area (Å²) in [4.78, 5) is 23.3. The minimum absolute atomic E-state index is 0.0187. The number of carbonyl (C=O) groups is 1. The summed E-state index contributed by atoms with van der Waals surface area (Å²) in [6.45, 7) is 11.0. The zero-order valence-electron chi connectivity index (χ0n) is 31.0. The topological polar surface area (TPSA) is 157 Å². The number of nitrogens with one attached hydrogen (secondary N) is 1. The Morgan fingerprint density at radius 1 is 1.02 bits per heavy atom. The Balaban J connectivity index is 1.30. The number of nitro benzene ring substituents is 1. The van der Waals surface area contributed by atoms with Crippen LogP contribution in [0.25, 0.3) is 0 Å². The molecule has 1 aromatic carbocycles. The molecular formula is C37H56F3N2O9P. The number of benzene rings is 1. The highest BCUT2D eigenvalue weighted by atomic mass is 31.2. The van der Waals surface area contributed by atoms with E-state index in [0.717, 1.165) is 19.3 Å². The molecule has 11 nitrogen and oxygen atoms in total. The first-order chi connectivity index (χ1) is 24.2. The molecule has 0 heterocycles. The number of ether oxygens (including phenoxy) is 1. The Hall–Kier alpha value is -2.09. The van der Waals surface area contributed by atoms with Gasteiger partial charge in [0.15, 0.2) is 5.78 Å². The van der Waals surface area contributed by atoms with Crippen LogP contribution in [-0.4, -0.2) is 64.7 Å². The Labute approximate surface area is 304 Å². The smallest absolute Gasteiger partial charge is 0.413 e. The van der Waals surface area contributed by atoms with Crippen molar-refractivity contribution in [2.24, 2.45) is 52.3 Å². The predicted molar refractivity (Wildman–Crippen MR) is 187 cm³/mol. The normalized spacial score (nSPS) is 36.9. The number of Topliss-reactive ketones (excluding diaryl/α,β-unsaturated/α-hetero) is 1. The molecule has 0 bridgehead atoms. The van der Waals surface area contributed by atoms with Crippen LogP contribution in [0.15, 0.2) is 24.3 Å². The van der Waals surface area contributed by atoms with Crippen molar-refractivity contribution in [3.63, 3.8) is 0 Å². The average molecular weight is 761 g/mol. The van der Waals surface area contributed by atoms with E-state index in [1.807, 2.05) is 6.92 Å². The fourth-order valence-corrected chi connectivity index (χ4v) is 12.3. The number of nitrogens with zero attached hydrogens (tertiary/aromatic N) is 1. The lowest BCUT2D eigenvalue weighted by atomic mass is 9.41. The highest BCUT2D eigenvalue weighted by Gasteiger charge is 2.69. The highest BCUT2D eigenvalue weighted by molar-refractivity contribution is 7.52. The number of non-ortho nitro benzene ring substituents is 1. The maximum atomic E-state index is 14.7. The van der Waals surface area contributed by atoms with Crippen LogP contribution in [0.5, 0.6) is 5.75 Å². The van der Waals surface area contributed by atoms with E-state index in [0.29, 0.717) is 25.7 Å². The van der Waals surface area contributed by atoms with Crippen LogP contribution in [0.3, 0.4) is 0 Å². The lowest BCUT2D eigenvalue weighted by Gasteiger charge is -2.64. The number of alkyl halides is 3. The van der Waals surface area contributed by atoms with Gasteiger partial charge in [-0.3, -0.25) is 19.4 Å². The van der Waals surface area contributed by atoms with Gasteiger partial charge >= 0.3 is 13.9 Å². The lowest BCUT2D eigenvalue weighted by Crippen LogP contribution is -2.64. The highest BCUT2D eigenvalue weighted by Crippen LogP contribution is 2.70. The molecule has 5 unspecified atom stereocenters. The maximum absolute atomic E-state index is 14.7. The van der Waals surface area contributed by atoms with Crippen LogP contribution in [0.4, 0.5) is 18.9 Å². The van der Waals surface area contributed by atoms with Gasteiger partial charge in [-0.2, -0.15) is 13.2 Å². The monoisotopic (exact) mass is 760 g/mol. The van der Waals surface area contributed by atoms with E-state index in [9.17, 15) is 42.9 Å². The van der Waals surface area contributed by atoms with Crippen molar-refractivity contribution in [2.45, 2.75) is 123 Å². The largest absolute Gasteiger partial charge is 0.459 e. The number of hydrogen-bond acceptors (Lipinski definition) is 9. The van der Waals surface area contributed by atoms with Crippen LogP contribution in [-0.2, 0) is 18.6 Å². The van der Waals surface area contributed by atoms with E-state index in [-0.39, 0.29) is 72.0 Å². The summed E-state index contributed by atoms with van der Waals surface area (Å²) in [7, 11) is -4.20. The maximum Gasteiger partial charge on any atom is 0.459 e. The van der Waals surface area contributed by atoms with Gasteiger partial charge in [-0.1, -0.05) is 20.8 Å². The minimum atomic E-state index is -4.58. The van der Waals surface area contributed by atoms with Crippen molar-refractivity contribution in [2.75, 3.05) is 13.2 Å². The molecule has 0 spiro atoms. The van der Waals surface area contributed by atoms with Gasteiger partial charge in [0.05, 0.1) is 41.8 Å². The molecule has 15 heteroatoms. The second-order valence-corrected chi connectivity index (χ2v) is 18.4. The molecule has 5 rings (SSSR count). The molecule has 4 fully saturated rings. The summed E-state index contributed by atoms with van der Waals surface area (Å²) in [5.41, 5.74) is -1.11. The zero-order chi connectivity index (χ0) is 38.4. The summed E-state index contributed by atoms with van der Waals surface area (Å²) in [6.07, 6.45) is -2.55. The number of hydrogen-bond donors (Lipinski definition) is 3. The van der Waals surface area contributed by atoms with Gasteiger partial charge < -0.3 is 19.5 Å². The molecule has 0 radical (unpaired) electrons. The van der Waals surface area contributed by atoms with Gasteiger partial charge in [0.25, 0.3) is 5.69 Å². The standard InChI is InChI=1S/C37H56F3N2O9P/c1-21(2)49-20-31(44)23(4)41-52(48,51-26-9-7-24(8-10-26)42(46)47)50-18-15-22(3)27-11-12-28-32-29(14-17-35(27,28)5)36(6)16-13-25(43)19-30(36)33(34(32)45)37(38,39)40/h7-10,21-23,25,27-30,32-34,43,45H,11-20H2,1-6H3,(H,41,48)/t22-,23+,25-,27-,28?,29?,30?,32?,33-,34+,35-,36-,52?/m1/s1. The molecule has 0 amide bonds. The molecule has 4 saturated carbocycles. The van der Waals surface area contributed by atoms with Crippen LogP contribution in [0, 0.1) is 62.4 Å². The van der Waals surface area contributed by atoms with E-state index in [1.165, 1.54) is 31.2 Å². The van der Waals surface area contributed by atoms with Crippen molar-refractivity contribution in [1.29, 1.82) is 0 Å². The average Bonchev–Trinajstić information content (AvgIpc) is 3.41. The molecule has 0 aromatic heterocycles. The minimum Gasteiger partial charge on any atom is -0.413 e. The summed E-state index contributed by atoms with van der Waals surface area (Å²) < 4.78 is 75.3. The number of aliphatic hydroxyl groups is 2.